The van der Waals surface area contributed by atoms with Crippen molar-refractivity contribution in [2.24, 2.45) is 5.92 Å². The molecule has 0 saturated heterocycles. The van der Waals surface area contributed by atoms with Gasteiger partial charge in [0.25, 0.3) is 0 Å². The summed E-state index contributed by atoms with van der Waals surface area (Å²) >= 11 is 0. The van der Waals surface area contributed by atoms with Crippen LogP contribution in [0.3, 0.4) is 0 Å². The number of halogens is 1. The summed E-state index contributed by atoms with van der Waals surface area (Å²) in [6.07, 6.45) is 9.32. The average molecular weight is 435 g/mol. The molecule has 4 heterocycles. The number of rotatable bonds is 6. The summed E-state index contributed by atoms with van der Waals surface area (Å²) in [6.45, 7) is 4.08. The highest BCUT2D eigenvalue weighted by atomic mass is 19.1. The summed E-state index contributed by atoms with van der Waals surface area (Å²) in [6, 6.07) is 3.52. The Balaban J connectivity index is 1.28. The van der Waals surface area contributed by atoms with Crippen LogP contribution in [0.15, 0.2) is 30.7 Å². The minimum atomic E-state index is -0.297. The lowest BCUT2D eigenvalue weighted by Gasteiger charge is -2.36. The van der Waals surface area contributed by atoms with Crippen LogP contribution < -0.4 is 10.2 Å². The topological polar surface area (TPSA) is 75.9 Å². The number of carbonyl (C=O) groups excluding carboxylic acids is 1. The lowest BCUT2D eigenvalue weighted by molar-refractivity contribution is -0.118. The van der Waals surface area contributed by atoms with E-state index in [0.717, 1.165) is 59.6 Å². The van der Waals surface area contributed by atoms with Gasteiger partial charge in [-0.15, -0.1) is 0 Å². The monoisotopic (exact) mass is 434 g/mol. The molecular formula is C24H27FN6O. The summed E-state index contributed by atoms with van der Waals surface area (Å²) in [4.78, 5) is 23.5. The molecule has 2 aliphatic rings. The number of likely N-dealkylation sites (N-methyl/N-ethyl adjacent to an activating group) is 1. The summed E-state index contributed by atoms with van der Waals surface area (Å²) in [7, 11) is 2.01. The average Bonchev–Trinajstić information content (AvgIpc) is 3.49. The molecule has 1 saturated carbocycles. The highest BCUT2D eigenvalue weighted by Crippen LogP contribution is 2.42. The SMILES string of the molecule is Cc1ncc(Cn2cc(CCc3cc4c(c(C)n3)NC(=O)[C@H](C3CC3)N4C)cn2)cc1F. The van der Waals surface area contributed by atoms with Gasteiger partial charge in [0, 0.05) is 25.1 Å². The van der Waals surface area contributed by atoms with E-state index in [2.05, 4.69) is 26.4 Å². The minimum Gasteiger partial charge on any atom is -0.361 e. The summed E-state index contributed by atoms with van der Waals surface area (Å²) < 4.78 is 15.5. The van der Waals surface area contributed by atoms with Crippen molar-refractivity contribution in [3.8, 4) is 0 Å². The van der Waals surface area contributed by atoms with Gasteiger partial charge in [0.2, 0.25) is 5.91 Å². The van der Waals surface area contributed by atoms with E-state index < -0.39 is 0 Å². The Kier molecular flexibility index (Phi) is 5.15. The maximum atomic E-state index is 13.7. The van der Waals surface area contributed by atoms with E-state index in [4.69, 9.17) is 4.98 Å². The molecule has 7 nitrogen and oxygen atoms in total. The van der Waals surface area contributed by atoms with Crippen molar-refractivity contribution in [1.29, 1.82) is 0 Å². The van der Waals surface area contributed by atoms with Crippen molar-refractivity contribution in [1.82, 2.24) is 19.7 Å². The third kappa shape index (κ3) is 3.97. The molecule has 0 radical (unpaired) electrons. The first-order valence-corrected chi connectivity index (χ1v) is 11.1. The van der Waals surface area contributed by atoms with Crippen LogP contribution in [-0.2, 0) is 24.2 Å². The second kappa shape index (κ2) is 8.00. The molecule has 3 aromatic heterocycles. The van der Waals surface area contributed by atoms with Crippen molar-refractivity contribution < 1.29 is 9.18 Å². The van der Waals surface area contributed by atoms with E-state index in [0.29, 0.717) is 18.2 Å². The Morgan fingerprint density at radius 2 is 1.94 bits per heavy atom. The highest BCUT2D eigenvalue weighted by Gasteiger charge is 2.42. The molecular weight excluding hydrogens is 407 g/mol. The zero-order valence-corrected chi connectivity index (χ0v) is 18.6. The second-order valence-corrected chi connectivity index (χ2v) is 8.93. The number of hydrogen-bond acceptors (Lipinski definition) is 5. The lowest BCUT2D eigenvalue weighted by Crippen LogP contribution is -2.47. The van der Waals surface area contributed by atoms with E-state index in [9.17, 15) is 9.18 Å². The highest BCUT2D eigenvalue weighted by molar-refractivity contribution is 6.04. The van der Waals surface area contributed by atoms with Crippen LogP contribution in [-0.4, -0.2) is 38.7 Å². The van der Waals surface area contributed by atoms with E-state index >= 15 is 0 Å². The van der Waals surface area contributed by atoms with E-state index in [1.54, 1.807) is 17.8 Å². The molecule has 8 heteroatoms. The Morgan fingerprint density at radius 3 is 2.69 bits per heavy atom. The van der Waals surface area contributed by atoms with E-state index in [1.165, 1.54) is 6.07 Å². The van der Waals surface area contributed by atoms with Crippen LogP contribution in [0.1, 0.15) is 41.1 Å². The lowest BCUT2D eigenvalue weighted by atomic mass is 10.0. The number of aromatic nitrogens is 4. The first kappa shape index (κ1) is 20.6. The number of amides is 1. The molecule has 32 heavy (non-hydrogen) atoms. The Labute approximate surface area is 186 Å². The standard InChI is InChI=1S/C24H27FN6O/c1-14-20(25)8-17(10-26-14)13-31-12-16(11-27-31)4-7-19-9-21-22(15(2)28-19)29-24(32)23(30(21)3)18-5-6-18/h8-12,18,23H,4-7,13H2,1-3H3,(H,29,32)/t23-/m0/s1. The fourth-order valence-corrected chi connectivity index (χ4v) is 4.46. The van der Waals surface area contributed by atoms with Crippen LogP contribution in [0, 0.1) is 25.6 Å². The maximum absolute atomic E-state index is 13.7. The second-order valence-electron chi connectivity index (χ2n) is 8.93. The maximum Gasteiger partial charge on any atom is 0.247 e. The van der Waals surface area contributed by atoms with Gasteiger partial charge in [0.1, 0.15) is 11.9 Å². The molecule has 1 fully saturated rings. The molecule has 0 aromatic carbocycles. The number of nitrogens with zero attached hydrogens (tertiary/aromatic N) is 5. The number of pyridine rings is 2. The number of carbonyl (C=O) groups is 1. The molecule has 1 N–H and O–H groups in total. The normalized spacial score (nSPS) is 17.9. The smallest absolute Gasteiger partial charge is 0.247 e. The molecule has 166 valence electrons. The van der Waals surface area contributed by atoms with Crippen LogP contribution in [0.5, 0.6) is 0 Å². The molecule has 1 aliphatic carbocycles. The van der Waals surface area contributed by atoms with Crippen LogP contribution >= 0.6 is 0 Å². The Hall–Kier alpha value is -3.29. The third-order valence-electron chi connectivity index (χ3n) is 6.40. The van der Waals surface area contributed by atoms with Gasteiger partial charge in [-0.05, 0) is 68.7 Å². The van der Waals surface area contributed by atoms with Crippen molar-refractivity contribution in [3.63, 3.8) is 0 Å². The fraction of sp³-hybridized carbons (Fsp3) is 0.417. The molecule has 5 rings (SSSR count). The number of hydrogen-bond donors (Lipinski definition) is 1. The van der Waals surface area contributed by atoms with Crippen LogP contribution in [0.25, 0.3) is 0 Å². The number of aryl methyl sites for hydroxylation is 4. The van der Waals surface area contributed by atoms with Crippen molar-refractivity contribution in [2.45, 2.75) is 52.1 Å². The van der Waals surface area contributed by atoms with Gasteiger partial charge in [-0.25, -0.2) is 4.39 Å². The number of anilines is 2. The predicted octanol–water partition coefficient (Wildman–Crippen LogP) is 3.43. The van der Waals surface area contributed by atoms with Gasteiger partial charge in [-0.3, -0.25) is 19.4 Å². The molecule has 0 unspecified atom stereocenters. The summed E-state index contributed by atoms with van der Waals surface area (Å²) in [5.41, 5.74) is 5.99. The van der Waals surface area contributed by atoms with E-state index in [1.807, 2.05) is 26.4 Å². The zero-order chi connectivity index (χ0) is 22.4. The fourth-order valence-electron chi connectivity index (χ4n) is 4.46. The van der Waals surface area contributed by atoms with E-state index in [-0.39, 0.29) is 17.8 Å². The Morgan fingerprint density at radius 1 is 1.12 bits per heavy atom. The van der Waals surface area contributed by atoms with Crippen molar-refractivity contribution in [3.05, 3.63) is 64.7 Å². The molecule has 1 amide bonds. The van der Waals surface area contributed by atoms with Gasteiger partial charge < -0.3 is 10.2 Å². The molecule has 1 aliphatic heterocycles. The molecule has 1 atom stereocenters. The minimum absolute atomic E-state index is 0.0798. The zero-order valence-electron chi connectivity index (χ0n) is 18.6. The summed E-state index contributed by atoms with van der Waals surface area (Å²) in [5.74, 6) is 0.234. The van der Waals surface area contributed by atoms with Crippen molar-refractivity contribution in [2.75, 3.05) is 17.3 Å². The molecule has 3 aromatic rings. The largest absolute Gasteiger partial charge is 0.361 e. The van der Waals surface area contributed by atoms with Gasteiger partial charge in [-0.1, -0.05) is 0 Å². The Bertz CT molecular complexity index is 1190. The third-order valence-corrected chi connectivity index (χ3v) is 6.40. The van der Waals surface area contributed by atoms with Gasteiger partial charge in [-0.2, -0.15) is 5.10 Å². The molecule has 0 spiro atoms. The number of nitrogens with one attached hydrogen (secondary N) is 1. The van der Waals surface area contributed by atoms with Crippen LogP contribution in [0.2, 0.25) is 0 Å². The van der Waals surface area contributed by atoms with Gasteiger partial charge >= 0.3 is 0 Å². The quantitative estimate of drug-likeness (QED) is 0.643. The van der Waals surface area contributed by atoms with Gasteiger partial charge in [0.05, 0.1) is 35.5 Å². The van der Waals surface area contributed by atoms with Crippen LogP contribution in [0.4, 0.5) is 15.8 Å². The number of fused-ring (bicyclic) bond motifs is 1. The first-order chi connectivity index (χ1) is 15.4. The predicted molar refractivity (Wildman–Crippen MR) is 120 cm³/mol. The summed E-state index contributed by atoms with van der Waals surface area (Å²) in [5, 5.41) is 7.49. The first-order valence-electron chi connectivity index (χ1n) is 11.1. The van der Waals surface area contributed by atoms with Gasteiger partial charge in [0.15, 0.2) is 0 Å². The molecule has 0 bridgehead atoms. The van der Waals surface area contributed by atoms with Crippen molar-refractivity contribution >= 4 is 17.3 Å².